The second kappa shape index (κ2) is 6.91. The Labute approximate surface area is 129 Å². The number of piperidine rings is 1. The smallest absolute Gasteiger partial charge is 0.306 e. The summed E-state index contributed by atoms with van der Waals surface area (Å²) in [6.45, 7) is 5.34. The minimum absolute atomic E-state index is 0.398. The van der Waals surface area contributed by atoms with Gasteiger partial charge in [-0.25, -0.2) is 9.97 Å². The Kier molecular flexibility index (Phi) is 5.39. The molecular weight excluding hydrogens is 293 g/mol. The van der Waals surface area contributed by atoms with Crippen LogP contribution >= 0.6 is 0 Å². The first-order valence-corrected chi connectivity index (χ1v) is 7.52. The molecule has 1 aromatic heterocycles. The number of hydrogen-bond acceptors (Lipinski definition) is 4. The van der Waals surface area contributed by atoms with Gasteiger partial charge in [-0.3, -0.25) is 0 Å². The van der Waals surface area contributed by atoms with Crippen LogP contribution in [0.25, 0.3) is 0 Å². The fourth-order valence-electron chi connectivity index (χ4n) is 3.00. The zero-order valence-electron chi connectivity index (χ0n) is 13.3. The summed E-state index contributed by atoms with van der Waals surface area (Å²) in [4.78, 5) is 11.5. The van der Waals surface area contributed by atoms with Crippen molar-refractivity contribution >= 4 is 0 Å². The average Bonchev–Trinajstić information content (AvgIpc) is 2.39. The molecule has 0 radical (unpaired) electrons. The van der Waals surface area contributed by atoms with E-state index < -0.39 is 12.0 Å². The molecule has 2 heterocycles. The molecule has 124 valence electrons. The van der Waals surface area contributed by atoms with E-state index in [1.54, 1.807) is 6.92 Å². The van der Waals surface area contributed by atoms with E-state index in [1.807, 2.05) is 7.05 Å². The van der Waals surface area contributed by atoms with Gasteiger partial charge in [0.05, 0.1) is 0 Å². The van der Waals surface area contributed by atoms with Gasteiger partial charge in [0.1, 0.15) is 0 Å². The van der Waals surface area contributed by atoms with Crippen molar-refractivity contribution in [1.82, 2.24) is 19.8 Å². The number of nitrogens with zero attached hydrogens (tertiary/aromatic N) is 4. The highest BCUT2D eigenvalue weighted by atomic mass is 19.4. The minimum atomic E-state index is -4.48. The number of aryl methyl sites for hydroxylation is 1. The monoisotopic (exact) mass is 316 g/mol. The van der Waals surface area contributed by atoms with Gasteiger partial charge in [-0.15, -0.1) is 0 Å². The second-order valence-electron chi connectivity index (χ2n) is 6.27. The van der Waals surface area contributed by atoms with E-state index in [0.29, 0.717) is 18.2 Å². The number of alkyl halides is 3. The van der Waals surface area contributed by atoms with Crippen LogP contribution in [0, 0.1) is 12.8 Å². The lowest BCUT2D eigenvalue weighted by Crippen LogP contribution is -2.37. The predicted octanol–water partition coefficient (Wildman–Crippen LogP) is 2.58. The van der Waals surface area contributed by atoms with Gasteiger partial charge in [0.15, 0.2) is 0 Å². The number of aromatic nitrogens is 2. The number of halogens is 3. The van der Waals surface area contributed by atoms with E-state index in [4.69, 9.17) is 0 Å². The topological polar surface area (TPSA) is 32.3 Å². The Hall–Kier alpha value is -1.21. The van der Waals surface area contributed by atoms with Crippen molar-refractivity contribution in [3.05, 3.63) is 23.3 Å². The van der Waals surface area contributed by atoms with E-state index in [-0.39, 0.29) is 0 Å². The van der Waals surface area contributed by atoms with Gasteiger partial charge in [-0.2, -0.15) is 13.2 Å². The van der Waals surface area contributed by atoms with E-state index in [0.717, 1.165) is 25.2 Å². The zero-order chi connectivity index (χ0) is 16.3. The molecule has 0 N–H and O–H groups in total. The van der Waals surface area contributed by atoms with Crippen molar-refractivity contribution in [2.45, 2.75) is 32.5 Å². The number of likely N-dealkylation sites (tertiary alicyclic amines) is 1. The van der Waals surface area contributed by atoms with Crippen molar-refractivity contribution in [2.24, 2.45) is 5.92 Å². The molecular formula is C15H23F3N4. The van der Waals surface area contributed by atoms with Crippen LogP contribution in [0.1, 0.15) is 29.9 Å². The minimum Gasteiger partial charge on any atom is -0.306 e. The summed E-state index contributed by atoms with van der Waals surface area (Å²) < 4.78 is 37.7. The van der Waals surface area contributed by atoms with Crippen LogP contribution in [0.4, 0.5) is 13.2 Å². The van der Waals surface area contributed by atoms with Gasteiger partial charge in [-0.05, 0) is 46.3 Å². The normalized spacial score (nSPS) is 20.6. The van der Waals surface area contributed by atoms with E-state index in [2.05, 4.69) is 26.8 Å². The lowest BCUT2D eigenvalue weighted by Gasteiger charge is -2.32. The summed E-state index contributed by atoms with van der Waals surface area (Å²) in [5.41, 5.74) is 1.15. The zero-order valence-corrected chi connectivity index (χ0v) is 13.3. The van der Waals surface area contributed by atoms with Gasteiger partial charge in [0.25, 0.3) is 0 Å². The maximum Gasteiger partial charge on any atom is 0.451 e. The Morgan fingerprint density at radius 1 is 1.41 bits per heavy atom. The Bertz CT molecular complexity index is 504. The van der Waals surface area contributed by atoms with Crippen molar-refractivity contribution in [3.63, 3.8) is 0 Å². The molecule has 0 spiro atoms. The molecule has 0 saturated carbocycles. The molecule has 1 atom stereocenters. The van der Waals surface area contributed by atoms with E-state index in [9.17, 15) is 13.2 Å². The molecule has 0 amide bonds. The van der Waals surface area contributed by atoms with Gasteiger partial charge >= 0.3 is 6.18 Å². The molecule has 0 aromatic carbocycles. The molecule has 1 aromatic rings. The third kappa shape index (κ3) is 4.64. The second-order valence-corrected chi connectivity index (χ2v) is 6.27. The van der Waals surface area contributed by atoms with Crippen molar-refractivity contribution < 1.29 is 13.2 Å². The van der Waals surface area contributed by atoms with Crippen LogP contribution in [0.15, 0.2) is 6.20 Å². The first kappa shape index (κ1) is 17.1. The number of rotatable bonds is 4. The SMILES string of the molecule is Cc1nc(C(F)(F)F)ncc1CN(C)C[C@H]1CCCN(C)C1. The largest absolute Gasteiger partial charge is 0.451 e. The van der Waals surface area contributed by atoms with Gasteiger partial charge in [-0.1, -0.05) is 0 Å². The molecule has 1 aliphatic heterocycles. The molecule has 1 saturated heterocycles. The lowest BCUT2D eigenvalue weighted by atomic mass is 9.98. The Balaban J connectivity index is 1.95. The van der Waals surface area contributed by atoms with Crippen LogP contribution in [0.5, 0.6) is 0 Å². The summed E-state index contributed by atoms with van der Waals surface area (Å²) in [7, 11) is 4.12. The molecule has 1 fully saturated rings. The Morgan fingerprint density at radius 3 is 2.73 bits per heavy atom. The molecule has 0 unspecified atom stereocenters. The summed E-state index contributed by atoms with van der Waals surface area (Å²) in [5.74, 6) is -0.454. The summed E-state index contributed by atoms with van der Waals surface area (Å²) in [5, 5.41) is 0. The molecule has 7 heteroatoms. The van der Waals surface area contributed by atoms with Crippen LogP contribution in [0.2, 0.25) is 0 Å². The molecule has 22 heavy (non-hydrogen) atoms. The third-order valence-electron chi connectivity index (χ3n) is 4.07. The quantitative estimate of drug-likeness (QED) is 0.855. The summed E-state index contributed by atoms with van der Waals surface area (Å²) in [6, 6.07) is 0. The van der Waals surface area contributed by atoms with Crippen LogP contribution in [-0.4, -0.2) is 53.5 Å². The maximum absolute atomic E-state index is 12.6. The lowest BCUT2D eigenvalue weighted by molar-refractivity contribution is -0.145. The van der Waals surface area contributed by atoms with Crippen LogP contribution in [-0.2, 0) is 12.7 Å². The highest BCUT2D eigenvalue weighted by molar-refractivity contribution is 5.16. The Morgan fingerprint density at radius 2 is 2.14 bits per heavy atom. The fourth-order valence-corrected chi connectivity index (χ4v) is 3.00. The number of hydrogen-bond donors (Lipinski definition) is 0. The molecule has 2 rings (SSSR count). The van der Waals surface area contributed by atoms with E-state index >= 15 is 0 Å². The van der Waals surface area contributed by atoms with E-state index in [1.165, 1.54) is 19.0 Å². The molecule has 4 nitrogen and oxygen atoms in total. The van der Waals surface area contributed by atoms with Gasteiger partial charge < -0.3 is 9.80 Å². The first-order chi connectivity index (χ1) is 10.3. The van der Waals surface area contributed by atoms with Gasteiger partial charge in [0, 0.05) is 37.1 Å². The predicted molar refractivity (Wildman–Crippen MR) is 78.3 cm³/mol. The highest BCUT2D eigenvalue weighted by Crippen LogP contribution is 2.26. The summed E-state index contributed by atoms with van der Waals surface area (Å²) in [6.07, 6.45) is -0.773. The third-order valence-corrected chi connectivity index (χ3v) is 4.07. The highest BCUT2D eigenvalue weighted by Gasteiger charge is 2.34. The molecule has 0 bridgehead atoms. The maximum atomic E-state index is 12.6. The first-order valence-electron chi connectivity index (χ1n) is 7.52. The molecule has 1 aliphatic rings. The molecule has 0 aliphatic carbocycles. The van der Waals surface area contributed by atoms with Crippen molar-refractivity contribution in [2.75, 3.05) is 33.7 Å². The standard InChI is InChI=1S/C15H23F3N4/c1-11-13(7-19-14(20-11)15(16,17)18)10-22(3)9-12-5-4-6-21(2)8-12/h7,12H,4-6,8-10H2,1-3H3/t12-/m0/s1. The van der Waals surface area contributed by atoms with Crippen molar-refractivity contribution in [3.8, 4) is 0 Å². The van der Waals surface area contributed by atoms with Crippen LogP contribution in [0.3, 0.4) is 0 Å². The fraction of sp³-hybridized carbons (Fsp3) is 0.733. The van der Waals surface area contributed by atoms with Crippen LogP contribution < -0.4 is 0 Å². The average molecular weight is 316 g/mol. The van der Waals surface area contributed by atoms with Crippen molar-refractivity contribution in [1.29, 1.82) is 0 Å². The van der Waals surface area contributed by atoms with Gasteiger partial charge in [0.2, 0.25) is 5.82 Å². The summed E-state index contributed by atoms with van der Waals surface area (Å²) >= 11 is 0.